The van der Waals surface area contributed by atoms with Crippen LogP contribution in [-0.4, -0.2) is 36.6 Å². The second-order valence-corrected chi connectivity index (χ2v) is 4.66. The number of alkyl halides is 1. The fourth-order valence-corrected chi connectivity index (χ4v) is 1.95. The Hall–Kier alpha value is -1.13. The minimum Gasteiger partial charge on any atom is -0.325 e. The van der Waals surface area contributed by atoms with Crippen LogP contribution in [-0.2, 0) is 4.79 Å². The van der Waals surface area contributed by atoms with Gasteiger partial charge >= 0.3 is 0 Å². The molecule has 0 saturated carbocycles. The van der Waals surface area contributed by atoms with Crippen LogP contribution >= 0.6 is 11.6 Å². The van der Waals surface area contributed by atoms with Gasteiger partial charge in [-0.25, -0.2) is 4.39 Å². The molecule has 1 saturated heterocycles. The van der Waals surface area contributed by atoms with Gasteiger partial charge < -0.3 is 5.32 Å². The van der Waals surface area contributed by atoms with Crippen LogP contribution in [0.25, 0.3) is 0 Å². The Balaban J connectivity index is 1.92. The molecule has 0 radical (unpaired) electrons. The summed E-state index contributed by atoms with van der Waals surface area (Å²) in [5.74, 6) is -0.137. The van der Waals surface area contributed by atoms with Crippen LogP contribution in [0.15, 0.2) is 18.2 Å². The quantitative estimate of drug-likeness (QED) is 0.900. The molecule has 0 spiro atoms. The summed E-state index contributed by atoms with van der Waals surface area (Å²) >= 11 is 5.95. The monoisotopic (exact) mass is 256 g/mol. The number of likely N-dealkylation sites (tertiary alicyclic amines) is 1. The van der Waals surface area contributed by atoms with Crippen molar-refractivity contribution in [3.63, 3.8) is 0 Å². The van der Waals surface area contributed by atoms with E-state index in [9.17, 15) is 9.18 Å². The lowest BCUT2D eigenvalue weighted by atomic mass is 10.2. The zero-order valence-electron chi connectivity index (χ0n) is 9.54. The highest BCUT2D eigenvalue weighted by Gasteiger charge is 2.27. The van der Waals surface area contributed by atoms with Crippen LogP contribution in [0.5, 0.6) is 0 Å². The van der Waals surface area contributed by atoms with E-state index < -0.39 is 6.17 Å². The Kier molecular flexibility index (Phi) is 3.64. The van der Waals surface area contributed by atoms with Crippen molar-refractivity contribution in [2.75, 3.05) is 25.0 Å². The molecule has 0 bridgehead atoms. The molecule has 1 aromatic rings. The Morgan fingerprint density at radius 2 is 2.29 bits per heavy atom. The van der Waals surface area contributed by atoms with Crippen LogP contribution in [0, 0.1) is 6.92 Å². The number of nitrogens with zero attached hydrogens (tertiary/aromatic N) is 1. The van der Waals surface area contributed by atoms with Gasteiger partial charge in [-0.15, -0.1) is 0 Å². The number of benzene rings is 1. The molecule has 5 heteroatoms. The highest BCUT2D eigenvalue weighted by Crippen LogP contribution is 2.23. The maximum absolute atomic E-state index is 12.6. The van der Waals surface area contributed by atoms with E-state index in [1.54, 1.807) is 23.1 Å². The van der Waals surface area contributed by atoms with E-state index in [-0.39, 0.29) is 12.5 Å². The van der Waals surface area contributed by atoms with Crippen molar-refractivity contribution < 1.29 is 9.18 Å². The van der Waals surface area contributed by atoms with E-state index in [4.69, 9.17) is 11.6 Å². The molecular weight excluding hydrogens is 243 g/mol. The summed E-state index contributed by atoms with van der Waals surface area (Å²) in [5.41, 5.74) is 1.55. The van der Waals surface area contributed by atoms with Gasteiger partial charge in [0.2, 0.25) is 5.91 Å². The molecule has 0 aromatic heterocycles. The van der Waals surface area contributed by atoms with Crippen molar-refractivity contribution in [1.82, 2.24) is 4.90 Å². The molecule has 1 N–H and O–H groups in total. The van der Waals surface area contributed by atoms with E-state index in [0.29, 0.717) is 23.8 Å². The van der Waals surface area contributed by atoms with Gasteiger partial charge in [0.25, 0.3) is 0 Å². The maximum atomic E-state index is 12.6. The molecule has 1 aliphatic rings. The number of carbonyl (C=O) groups is 1. The third-order valence-electron chi connectivity index (χ3n) is 2.82. The molecule has 0 atom stereocenters. The minimum absolute atomic E-state index is 0.137. The first-order valence-electron chi connectivity index (χ1n) is 5.47. The van der Waals surface area contributed by atoms with Crippen molar-refractivity contribution in [3.05, 3.63) is 28.8 Å². The topological polar surface area (TPSA) is 32.3 Å². The first kappa shape index (κ1) is 12.3. The summed E-state index contributed by atoms with van der Waals surface area (Å²) in [7, 11) is 0. The number of carbonyl (C=O) groups excluding carboxylic acids is 1. The fraction of sp³-hybridized carbons (Fsp3) is 0.417. The van der Waals surface area contributed by atoms with E-state index in [0.717, 1.165) is 5.56 Å². The average Bonchev–Trinajstić information content (AvgIpc) is 2.23. The van der Waals surface area contributed by atoms with Crippen LogP contribution < -0.4 is 5.32 Å². The van der Waals surface area contributed by atoms with Gasteiger partial charge in [-0.1, -0.05) is 17.7 Å². The second-order valence-electron chi connectivity index (χ2n) is 4.25. The van der Waals surface area contributed by atoms with Crippen molar-refractivity contribution in [2.24, 2.45) is 0 Å². The zero-order valence-corrected chi connectivity index (χ0v) is 10.3. The van der Waals surface area contributed by atoms with Gasteiger partial charge in [0.15, 0.2) is 0 Å². The first-order chi connectivity index (χ1) is 8.06. The highest BCUT2D eigenvalue weighted by molar-refractivity contribution is 6.31. The molecule has 1 fully saturated rings. The number of nitrogens with one attached hydrogen (secondary N) is 1. The van der Waals surface area contributed by atoms with E-state index >= 15 is 0 Å². The molecule has 1 heterocycles. The number of rotatable bonds is 3. The normalized spacial score (nSPS) is 16.6. The van der Waals surface area contributed by atoms with Gasteiger partial charge in [0, 0.05) is 23.8 Å². The van der Waals surface area contributed by atoms with Crippen LogP contribution in [0.4, 0.5) is 10.1 Å². The molecule has 17 heavy (non-hydrogen) atoms. The number of amides is 1. The molecule has 1 aromatic carbocycles. The molecule has 1 amide bonds. The van der Waals surface area contributed by atoms with Gasteiger partial charge in [-0.2, -0.15) is 0 Å². The summed E-state index contributed by atoms with van der Waals surface area (Å²) in [6.45, 7) is 2.77. The Bertz CT molecular complexity index is 433. The third kappa shape index (κ3) is 2.96. The number of halogens is 2. The second kappa shape index (κ2) is 5.02. The predicted octanol–water partition coefficient (Wildman–Crippen LogP) is 2.24. The van der Waals surface area contributed by atoms with Crippen LogP contribution in [0.2, 0.25) is 5.02 Å². The van der Waals surface area contributed by atoms with Gasteiger partial charge in [-0.3, -0.25) is 9.69 Å². The van der Waals surface area contributed by atoms with Crippen molar-refractivity contribution >= 4 is 23.2 Å². The molecule has 0 aliphatic carbocycles. The molecule has 3 nitrogen and oxygen atoms in total. The van der Waals surface area contributed by atoms with E-state index in [2.05, 4.69) is 5.32 Å². The molecule has 1 aliphatic heterocycles. The molecule has 0 unspecified atom stereocenters. The van der Waals surface area contributed by atoms with Crippen molar-refractivity contribution in [1.29, 1.82) is 0 Å². The minimum atomic E-state index is -0.782. The Morgan fingerprint density at radius 1 is 1.59 bits per heavy atom. The number of hydrogen-bond acceptors (Lipinski definition) is 2. The summed E-state index contributed by atoms with van der Waals surface area (Å²) in [5, 5.41) is 3.40. The van der Waals surface area contributed by atoms with Gasteiger partial charge in [0.05, 0.1) is 6.54 Å². The standard InChI is InChI=1S/C12H14ClFN2O/c1-8-10(13)3-2-4-11(8)15-12(17)7-16-5-9(14)6-16/h2-4,9H,5-7H2,1H3,(H,15,17). The fourth-order valence-electron chi connectivity index (χ4n) is 1.77. The van der Waals surface area contributed by atoms with E-state index in [1.165, 1.54) is 0 Å². The summed E-state index contributed by atoms with van der Waals surface area (Å²) in [6.07, 6.45) is -0.782. The lowest BCUT2D eigenvalue weighted by Gasteiger charge is -2.33. The lowest BCUT2D eigenvalue weighted by Crippen LogP contribution is -2.51. The van der Waals surface area contributed by atoms with Gasteiger partial charge in [-0.05, 0) is 24.6 Å². The zero-order chi connectivity index (χ0) is 12.4. The Labute approximate surface area is 105 Å². The summed E-state index contributed by atoms with van der Waals surface area (Å²) < 4.78 is 12.6. The predicted molar refractivity (Wildman–Crippen MR) is 66.2 cm³/mol. The summed E-state index contributed by atoms with van der Waals surface area (Å²) in [6, 6.07) is 5.36. The van der Waals surface area contributed by atoms with Crippen molar-refractivity contribution in [3.8, 4) is 0 Å². The Morgan fingerprint density at radius 3 is 2.94 bits per heavy atom. The average molecular weight is 257 g/mol. The van der Waals surface area contributed by atoms with Crippen LogP contribution in [0.1, 0.15) is 5.56 Å². The third-order valence-corrected chi connectivity index (χ3v) is 3.23. The number of hydrogen-bond donors (Lipinski definition) is 1. The summed E-state index contributed by atoms with van der Waals surface area (Å²) in [4.78, 5) is 13.4. The highest BCUT2D eigenvalue weighted by atomic mass is 35.5. The van der Waals surface area contributed by atoms with E-state index in [1.807, 2.05) is 6.92 Å². The van der Waals surface area contributed by atoms with Crippen molar-refractivity contribution in [2.45, 2.75) is 13.1 Å². The maximum Gasteiger partial charge on any atom is 0.238 e. The number of anilines is 1. The molecule has 92 valence electrons. The lowest BCUT2D eigenvalue weighted by molar-refractivity contribution is -0.119. The van der Waals surface area contributed by atoms with Crippen LogP contribution in [0.3, 0.4) is 0 Å². The van der Waals surface area contributed by atoms with Gasteiger partial charge in [0.1, 0.15) is 6.17 Å². The SMILES string of the molecule is Cc1c(Cl)cccc1NC(=O)CN1CC(F)C1. The smallest absolute Gasteiger partial charge is 0.238 e. The largest absolute Gasteiger partial charge is 0.325 e. The first-order valence-corrected chi connectivity index (χ1v) is 5.85. The molecule has 2 rings (SSSR count). The molecular formula is C12H14ClFN2O.